The van der Waals surface area contributed by atoms with Crippen LogP contribution in [0, 0.1) is 6.92 Å². The van der Waals surface area contributed by atoms with Crippen molar-refractivity contribution < 1.29 is 23.9 Å². The van der Waals surface area contributed by atoms with Gasteiger partial charge in [0.1, 0.15) is 5.75 Å². The number of hydrogen-bond acceptors (Lipinski definition) is 5. The number of fused-ring (bicyclic) bond motifs is 1. The molecule has 4 amide bonds. The number of hydrogen-bond donors (Lipinski definition) is 1. The third kappa shape index (κ3) is 4.86. The molecule has 9 heteroatoms. The van der Waals surface area contributed by atoms with E-state index in [0.717, 1.165) is 10.5 Å². The number of aryl methyl sites for hydroxylation is 1. The normalized spacial score (nSPS) is 12.6. The maximum absolute atomic E-state index is 12.5. The van der Waals surface area contributed by atoms with Gasteiger partial charge in [0, 0.05) is 25.0 Å². The zero-order valence-corrected chi connectivity index (χ0v) is 18.2. The number of halogens is 1. The second-order valence-electron chi connectivity index (χ2n) is 7.20. The minimum absolute atomic E-state index is 0.0572. The average Bonchev–Trinajstić information content (AvgIpc) is 2.95. The van der Waals surface area contributed by atoms with Crippen LogP contribution in [0.5, 0.6) is 5.75 Å². The fourth-order valence-corrected chi connectivity index (χ4v) is 3.45. The molecule has 2 aromatic rings. The second-order valence-corrected chi connectivity index (χ2v) is 7.64. The number of anilines is 1. The zero-order chi connectivity index (χ0) is 22.7. The molecular weight excluding hydrogens is 422 g/mol. The van der Waals surface area contributed by atoms with Crippen LogP contribution in [0.25, 0.3) is 0 Å². The van der Waals surface area contributed by atoms with E-state index in [-0.39, 0.29) is 25.4 Å². The summed E-state index contributed by atoms with van der Waals surface area (Å²) in [6, 6.07) is 9.85. The summed E-state index contributed by atoms with van der Waals surface area (Å²) >= 11 is 5.95. The molecule has 1 aliphatic rings. The highest BCUT2D eigenvalue weighted by Gasteiger charge is 2.35. The van der Waals surface area contributed by atoms with Gasteiger partial charge in [0.25, 0.3) is 11.8 Å². The number of ether oxygens (including phenoxy) is 1. The Morgan fingerprint density at radius 3 is 2.52 bits per heavy atom. The van der Waals surface area contributed by atoms with E-state index in [9.17, 15) is 19.2 Å². The van der Waals surface area contributed by atoms with Gasteiger partial charge in [0.15, 0.2) is 0 Å². The number of amides is 4. The lowest BCUT2D eigenvalue weighted by atomic mass is 10.1. The van der Waals surface area contributed by atoms with Crippen LogP contribution in [0.2, 0.25) is 5.02 Å². The molecule has 0 spiro atoms. The van der Waals surface area contributed by atoms with Crippen LogP contribution in [0.3, 0.4) is 0 Å². The van der Waals surface area contributed by atoms with Crippen molar-refractivity contribution in [2.45, 2.75) is 13.3 Å². The highest BCUT2D eigenvalue weighted by atomic mass is 35.5. The largest absolute Gasteiger partial charge is 0.495 e. The lowest BCUT2D eigenvalue weighted by Gasteiger charge is -2.19. The van der Waals surface area contributed by atoms with Crippen LogP contribution in [-0.4, -0.2) is 60.7 Å². The first-order valence-electron chi connectivity index (χ1n) is 9.55. The van der Waals surface area contributed by atoms with Gasteiger partial charge in [0.2, 0.25) is 11.8 Å². The molecule has 0 aliphatic carbocycles. The van der Waals surface area contributed by atoms with Gasteiger partial charge < -0.3 is 15.0 Å². The van der Waals surface area contributed by atoms with Crippen molar-refractivity contribution in [3.8, 4) is 5.75 Å². The number of imide groups is 1. The Morgan fingerprint density at radius 2 is 1.81 bits per heavy atom. The molecule has 1 N–H and O–H groups in total. The maximum Gasteiger partial charge on any atom is 0.261 e. The third-order valence-electron chi connectivity index (χ3n) is 4.92. The van der Waals surface area contributed by atoms with Crippen molar-refractivity contribution in [3.63, 3.8) is 0 Å². The Hall–Kier alpha value is -3.39. The summed E-state index contributed by atoms with van der Waals surface area (Å²) in [5.74, 6) is -1.20. The van der Waals surface area contributed by atoms with Crippen LogP contribution in [0.4, 0.5) is 5.69 Å². The fourth-order valence-electron chi connectivity index (χ4n) is 3.28. The first kappa shape index (κ1) is 22.3. The number of carbonyl (C=O) groups is 4. The molecule has 31 heavy (non-hydrogen) atoms. The Labute approximate surface area is 184 Å². The number of nitrogens with one attached hydrogen (secondary N) is 1. The summed E-state index contributed by atoms with van der Waals surface area (Å²) in [5, 5.41) is 3.08. The topological polar surface area (TPSA) is 96.0 Å². The summed E-state index contributed by atoms with van der Waals surface area (Å²) in [6.45, 7) is 1.57. The monoisotopic (exact) mass is 443 g/mol. The molecule has 0 bridgehead atoms. The number of likely N-dealkylation sites (N-methyl/N-ethyl adjacent to an activating group) is 1. The van der Waals surface area contributed by atoms with Crippen molar-refractivity contribution in [3.05, 3.63) is 58.1 Å². The van der Waals surface area contributed by atoms with Crippen LogP contribution in [-0.2, 0) is 9.59 Å². The molecule has 0 aromatic heterocycles. The van der Waals surface area contributed by atoms with Gasteiger partial charge in [-0.25, -0.2) is 0 Å². The summed E-state index contributed by atoms with van der Waals surface area (Å²) in [7, 11) is 2.94. The molecular formula is C22H22ClN3O5. The van der Waals surface area contributed by atoms with Gasteiger partial charge in [-0.05, 0) is 37.3 Å². The maximum atomic E-state index is 12.5. The minimum atomic E-state index is -0.437. The minimum Gasteiger partial charge on any atom is -0.495 e. The molecule has 0 atom stereocenters. The standard InChI is InChI=1S/C22H22ClN3O5/c1-13-4-6-15-16(10-13)22(30)26(21(15)29)9-8-20(28)25(2)12-19(27)24-17-11-14(23)5-7-18(17)31-3/h4-7,10-11H,8-9,12H2,1-3H3,(H,24,27). The molecule has 162 valence electrons. The molecule has 0 saturated carbocycles. The van der Waals surface area contributed by atoms with Crippen LogP contribution in [0.15, 0.2) is 36.4 Å². The first-order valence-corrected chi connectivity index (χ1v) is 9.93. The van der Waals surface area contributed by atoms with E-state index in [1.54, 1.807) is 36.4 Å². The Bertz CT molecular complexity index is 1070. The third-order valence-corrected chi connectivity index (χ3v) is 5.15. The number of carbonyl (C=O) groups excluding carboxylic acids is 4. The van der Waals surface area contributed by atoms with Gasteiger partial charge >= 0.3 is 0 Å². The summed E-state index contributed by atoms with van der Waals surface area (Å²) in [6.07, 6.45) is -0.0886. The van der Waals surface area contributed by atoms with E-state index in [1.807, 2.05) is 6.92 Å². The predicted molar refractivity (Wildman–Crippen MR) is 115 cm³/mol. The highest BCUT2D eigenvalue weighted by Crippen LogP contribution is 2.27. The number of methoxy groups -OCH3 is 1. The number of nitrogens with zero attached hydrogens (tertiary/aromatic N) is 2. The number of benzene rings is 2. The van der Waals surface area contributed by atoms with Gasteiger partial charge in [0.05, 0.1) is 30.5 Å². The second kappa shape index (κ2) is 9.18. The van der Waals surface area contributed by atoms with E-state index in [4.69, 9.17) is 16.3 Å². The molecule has 1 aliphatic heterocycles. The van der Waals surface area contributed by atoms with Crippen molar-refractivity contribution >= 4 is 40.9 Å². The summed E-state index contributed by atoms with van der Waals surface area (Å²) < 4.78 is 5.18. The predicted octanol–water partition coefficient (Wildman–Crippen LogP) is 2.74. The Balaban J connectivity index is 1.55. The zero-order valence-electron chi connectivity index (χ0n) is 17.4. The highest BCUT2D eigenvalue weighted by molar-refractivity contribution is 6.31. The van der Waals surface area contributed by atoms with Gasteiger partial charge in [-0.15, -0.1) is 0 Å². The Kier molecular flexibility index (Phi) is 6.60. The lowest BCUT2D eigenvalue weighted by Crippen LogP contribution is -2.38. The van der Waals surface area contributed by atoms with Gasteiger partial charge in [-0.3, -0.25) is 24.1 Å². The molecule has 1 heterocycles. The van der Waals surface area contributed by atoms with Crippen molar-refractivity contribution in [2.24, 2.45) is 0 Å². The fraction of sp³-hybridized carbons (Fsp3) is 0.273. The molecule has 2 aromatic carbocycles. The van der Waals surface area contributed by atoms with Gasteiger partial charge in [-0.1, -0.05) is 23.2 Å². The van der Waals surface area contributed by atoms with Crippen LogP contribution < -0.4 is 10.1 Å². The molecule has 0 saturated heterocycles. The molecule has 8 nitrogen and oxygen atoms in total. The first-order chi connectivity index (χ1) is 14.7. The van der Waals surface area contributed by atoms with Crippen molar-refractivity contribution in [1.29, 1.82) is 0 Å². The number of rotatable bonds is 7. The van der Waals surface area contributed by atoms with E-state index in [2.05, 4.69) is 5.32 Å². The van der Waals surface area contributed by atoms with E-state index >= 15 is 0 Å². The molecule has 3 rings (SSSR count). The molecule has 0 unspecified atom stereocenters. The average molecular weight is 444 g/mol. The van der Waals surface area contributed by atoms with Crippen molar-refractivity contribution in [2.75, 3.05) is 32.6 Å². The Morgan fingerprint density at radius 1 is 1.10 bits per heavy atom. The van der Waals surface area contributed by atoms with E-state index < -0.39 is 17.7 Å². The summed E-state index contributed by atoms with van der Waals surface area (Å²) in [5.41, 5.74) is 1.95. The van der Waals surface area contributed by atoms with Crippen molar-refractivity contribution in [1.82, 2.24) is 9.80 Å². The lowest BCUT2D eigenvalue weighted by molar-refractivity contribution is -0.133. The smallest absolute Gasteiger partial charge is 0.261 e. The van der Waals surface area contributed by atoms with E-state index in [0.29, 0.717) is 27.6 Å². The SMILES string of the molecule is COc1ccc(Cl)cc1NC(=O)CN(C)C(=O)CCN1C(=O)c2ccc(C)cc2C1=O. The summed E-state index contributed by atoms with van der Waals surface area (Å²) in [4.78, 5) is 52.0. The quantitative estimate of drug-likeness (QED) is 0.664. The van der Waals surface area contributed by atoms with Crippen LogP contribution >= 0.6 is 11.6 Å². The molecule has 0 fully saturated rings. The molecule has 0 radical (unpaired) electrons. The van der Waals surface area contributed by atoms with Crippen LogP contribution in [0.1, 0.15) is 32.7 Å². The van der Waals surface area contributed by atoms with Gasteiger partial charge in [-0.2, -0.15) is 0 Å². The van der Waals surface area contributed by atoms with E-state index in [1.165, 1.54) is 19.1 Å².